The van der Waals surface area contributed by atoms with E-state index < -0.39 is 6.72 Å². The highest BCUT2D eigenvalue weighted by Gasteiger charge is 2.29. The lowest BCUT2D eigenvalue weighted by atomic mass is 9.95. The first-order valence-electron chi connectivity index (χ1n) is 25.4. The number of benzene rings is 4. The number of unbranched alkanes of at least 4 members (excludes halogenated alkanes) is 3. The number of nitrogens with one attached hydrogen (secondary N) is 2. The van der Waals surface area contributed by atoms with Gasteiger partial charge in [0.05, 0.1) is 110 Å². The Morgan fingerprint density at radius 2 is 1.40 bits per heavy atom. The fourth-order valence-electron chi connectivity index (χ4n) is 8.41. The zero-order chi connectivity index (χ0) is 54.4. The second kappa shape index (κ2) is 29.9. The summed E-state index contributed by atoms with van der Waals surface area (Å²) in [4.78, 5) is 73.8. The summed E-state index contributed by atoms with van der Waals surface area (Å²) in [6, 6.07) is 26.2. The Labute approximate surface area is 450 Å². The van der Waals surface area contributed by atoms with Crippen LogP contribution in [-0.4, -0.2) is 136 Å². The third-order valence-corrected chi connectivity index (χ3v) is 13.1. The van der Waals surface area contributed by atoms with E-state index in [1.54, 1.807) is 29.2 Å². The van der Waals surface area contributed by atoms with E-state index in [1.165, 1.54) is 25.3 Å². The summed E-state index contributed by atoms with van der Waals surface area (Å²) in [5.74, 6) is -0.505. The van der Waals surface area contributed by atoms with E-state index in [-0.39, 0.29) is 77.4 Å². The van der Waals surface area contributed by atoms with Gasteiger partial charge < -0.3 is 67.8 Å². The molecule has 0 bridgehead atoms. The maximum Gasteiger partial charge on any atom is 0.251 e. The number of ether oxygens (including phenoxy) is 6. The molecule has 0 radical (unpaired) electrons. The molecule has 0 fully saturated rings. The first-order valence-corrected chi connectivity index (χ1v) is 28.0. The molecule has 77 heavy (non-hydrogen) atoms. The molecule has 1 aliphatic rings. The SMILES string of the molecule is COc1c(O)ccc2c(=O)cc(-c3ccc(C(=O)NCCOCCOCCOCCOCCOCCn4nnc5c4-c4ccccc4CN(C(=O)CCC(=O)NCCCCCCOP([O-])(O)=S)c4ccccc4-5)cc3)oc12. The molecule has 1 unspecified atom stereocenters. The number of amides is 3. The number of hydrogen-bond acceptors (Lipinski definition) is 17. The number of methoxy groups -OCH3 is 1. The molecule has 0 saturated carbocycles. The van der Waals surface area contributed by atoms with Gasteiger partial charge in [-0.1, -0.05) is 84.5 Å². The Bertz CT molecular complexity index is 3000. The lowest BCUT2D eigenvalue weighted by molar-refractivity contribution is -0.201. The van der Waals surface area contributed by atoms with Crippen LogP contribution in [-0.2, 0) is 62.7 Å². The highest BCUT2D eigenvalue weighted by atomic mass is 32.5. The van der Waals surface area contributed by atoms with Gasteiger partial charge in [0.1, 0.15) is 18.2 Å². The average Bonchev–Trinajstić information content (AvgIpc) is 3.84. The predicted molar refractivity (Wildman–Crippen MR) is 288 cm³/mol. The smallest absolute Gasteiger partial charge is 0.251 e. The Balaban J connectivity index is 0.729. The highest BCUT2D eigenvalue weighted by molar-refractivity contribution is 8.06. The highest BCUT2D eigenvalue weighted by Crippen LogP contribution is 2.41. The summed E-state index contributed by atoms with van der Waals surface area (Å²) in [7, 11) is 1.38. The minimum atomic E-state index is -3.88. The molecule has 2 aromatic heterocycles. The molecule has 6 aromatic rings. The second-order valence-electron chi connectivity index (χ2n) is 17.6. The predicted octanol–water partition coefficient (Wildman–Crippen LogP) is 5.51. The lowest BCUT2D eigenvalue weighted by Crippen LogP contribution is -2.33. The topological polar surface area (TPSA) is 268 Å². The summed E-state index contributed by atoms with van der Waals surface area (Å²) < 4.78 is 46.0. The molecule has 4 aromatic carbocycles. The maximum atomic E-state index is 13.9. The quantitative estimate of drug-likeness (QED) is 0.0300. The summed E-state index contributed by atoms with van der Waals surface area (Å²) >= 11 is 4.34. The number of phenols is 1. The van der Waals surface area contributed by atoms with Crippen molar-refractivity contribution in [2.75, 3.05) is 97.8 Å². The van der Waals surface area contributed by atoms with Crippen LogP contribution >= 0.6 is 6.72 Å². The molecule has 21 nitrogen and oxygen atoms in total. The van der Waals surface area contributed by atoms with E-state index in [1.807, 2.05) is 53.2 Å². The summed E-state index contributed by atoms with van der Waals surface area (Å²) in [6.45, 7) is 1.38. The Morgan fingerprint density at radius 1 is 0.753 bits per heavy atom. The number of carbonyl (C=O) groups excluding carboxylic acids is 3. The standard InChI is InChI=1S/C54H65N6O15PS/c1-68-53-45(61)19-18-43-46(62)36-47(75-52(43)53)38-14-16-39(17-15-38)54(65)56-23-26-69-28-30-71-32-34-73-35-33-72-31-29-70-27-24-60-51-41-11-5-4-10-40(41)37-59(44-13-7-6-12-42(44)50(51)57-58-60)49(64)21-20-48(63)55-22-8-2-3-9-25-74-76(66,67)77/h4-7,10-19,36,61H,2-3,8-9,20-35,37H2,1H3,(H,55,63)(H,56,65)(H2,66,67,77)/p-1. The minimum Gasteiger partial charge on any atom is -0.780 e. The Morgan fingerprint density at radius 3 is 2.10 bits per heavy atom. The van der Waals surface area contributed by atoms with Gasteiger partial charge in [0.2, 0.25) is 17.6 Å². The molecular weight excluding hydrogens is 1040 g/mol. The van der Waals surface area contributed by atoms with Crippen LogP contribution in [0.4, 0.5) is 5.69 Å². The van der Waals surface area contributed by atoms with Gasteiger partial charge in [-0.2, -0.15) is 0 Å². The zero-order valence-electron chi connectivity index (χ0n) is 42.9. The van der Waals surface area contributed by atoms with Crippen LogP contribution in [0.2, 0.25) is 0 Å². The molecule has 3 amide bonds. The van der Waals surface area contributed by atoms with E-state index in [2.05, 4.69) is 32.8 Å². The molecule has 1 atom stereocenters. The molecule has 412 valence electrons. The molecule has 3 heterocycles. The van der Waals surface area contributed by atoms with Crippen molar-refractivity contribution in [3.8, 4) is 45.3 Å². The third kappa shape index (κ3) is 17.3. The van der Waals surface area contributed by atoms with Crippen molar-refractivity contribution in [3.63, 3.8) is 0 Å². The molecule has 7 rings (SSSR count). The number of aromatic hydroxyl groups is 1. The molecular formula is C54H64N6O15PS-. The van der Waals surface area contributed by atoms with Crippen LogP contribution < -0.4 is 30.6 Å². The molecule has 4 N–H and O–H groups in total. The minimum absolute atomic E-state index is 0.0174. The average molecular weight is 1100 g/mol. The van der Waals surface area contributed by atoms with Crippen molar-refractivity contribution < 1.29 is 66.6 Å². The second-order valence-corrected chi connectivity index (χ2v) is 20.2. The van der Waals surface area contributed by atoms with Crippen LogP contribution in [0.15, 0.2) is 100 Å². The number of rotatable bonds is 32. The first kappa shape index (κ1) is 58.3. The third-order valence-electron chi connectivity index (χ3n) is 12.2. The van der Waals surface area contributed by atoms with Crippen LogP contribution in [0.25, 0.3) is 44.8 Å². The van der Waals surface area contributed by atoms with E-state index in [9.17, 15) is 29.2 Å². The van der Waals surface area contributed by atoms with Crippen molar-refractivity contribution in [3.05, 3.63) is 112 Å². The molecule has 0 spiro atoms. The van der Waals surface area contributed by atoms with E-state index in [4.69, 9.17) is 42.3 Å². The molecule has 0 aliphatic carbocycles. The number of nitrogens with zero attached hydrogens (tertiary/aromatic N) is 4. The molecule has 0 saturated heterocycles. The van der Waals surface area contributed by atoms with E-state index >= 15 is 0 Å². The van der Waals surface area contributed by atoms with Gasteiger partial charge in [-0.25, -0.2) is 4.68 Å². The Kier molecular flexibility index (Phi) is 22.6. The summed E-state index contributed by atoms with van der Waals surface area (Å²) in [5, 5.41) is 25.2. The van der Waals surface area contributed by atoms with Gasteiger partial charge in [0.25, 0.3) is 5.91 Å². The largest absolute Gasteiger partial charge is 0.780 e. The molecule has 1 aliphatic heterocycles. The van der Waals surface area contributed by atoms with Gasteiger partial charge in [-0.15, -0.1) is 5.10 Å². The fraction of sp³-hybridized carbons (Fsp3) is 0.407. The van der Waals surface area contributed by atoms with Crippen molar-refractivity contribution in [1.82, 2.24) is 25.6 Å². The van der Waals surface area contributed by atoms with Gasteiger partial charge in [-0.3, -0.25) is 19.2 Å². The van der Waals surface area contributed by atoms with Crippen LogP contribution in [0.5, 0.6) is 11.5 Å². The number of fused-ring (bicyclic) bond motifs is 6. The van der Waals surface area contributed by atoms with Gasteiger partial charge in [-0.05, 0) is 48.7 Å². The number of phenolic OH excluding ortho intramolecular Hbond substituents is 1. The normalized spacial score (nSPS) is 12.7. The van der Waals surface area contributed by atoms with E-state index in [0.717, 1.165) is 41.6 Å². The molecule has 23 heteroatoms. The zero-order valence-corrected chi connectivity index (χ0v) is 44.6. The van der Waals surface area contributed by atoms with Crippen LogP contribution in [0.3, 0.4) is 0 Å². The summed E-state index contributed by atoms with van der Waals surface area (Å²) in [5.41, 5.74) is 5.52. The summed E-state index contributed by atoms with van der Waals surface area (Å²) in [6.07, 6.45) is 2.94. The van der Waals surface area contributed by atoms with Crippen LogP contribution in [0.1, 0.15) is 54.4 Å². The monoisotopic (exact) mass is 1100 g/mol. The number of anilines is 1. The van der Waals surface area contributed by atoms with E-state index in [0.29, 0.717) is 115 Å². The van der Waals surface area contributed by atoms with Crippen molar-refractivity contribution in [1.29, 1.82) is 0 Å². The van der Waals surface area contributed by atoms with Gasteiger partial charge >= 0.3 is 0 Å². The number of hydrogen-bond donors (Lipinski definition) is 4. The lowest BCUT2D eigenvalue weighted by Gasteiger charge is -2.28. The Hall–Kier alpha value is -6.43. The van der Waals surface area contributed by atoms with Crippen LogP contribution in [0, 0.1) is 0 Å². The van der Waals surface area contributed by atoms with Crippen molar-refractivity contribution in [2.24, 2.45) is 0 Å². The number of carbonyl (C=O) groups is 3. The maximum absolute atomic E-state index is 13.9. The fourth-order valence-corrected chi connectivity index (χ4v) is 8.99. The van der Waals surface area contributed by atoms with Gasteiger partial charge in [0.15, 0.2) is 16.8 Å². The van der Waals surface area contributed by atoms with Crippen molar-refractivity contribution in [2.45, 2.75) is 51.6 Å². The van der Waals surface area contributed by atoms with Gasteiger partial charge in [0, 0.05) is 54.3 Å². The first-order chi connectivity index (χ1) is 37.4. The number of para-hydroxylation sites is 1. The number of aromatic nitrogens is 3. The van der Waals surface area contributed by atoms with Crippen molar-refractivity contribution >= 4 is 52.9 Å².